The maximum absolute atomic E-state index is 5.61. The smallest absolute Gasteiger partial charge is 0.230 e. The zero-order chi connectivity index (χ0) is 32.5. The van der Waals surface area contributed by atoms with Gasteiger partial charge >= 0.3 is 0 Å². The van der Waals surface area contributed by atoms with Gasteiger partial charge in [-0.1, -0.05) is 32.6 Å². The molecule has 1 aromatic heterocycles. The molecule has 0 N–H and O–H groups in total. The summed E-state index contributed by atoms with van der Waals surface area (Å²) >= 11 is 0. The van der Waals surface area contributed by atoms with E-state index in [0.29, 0.717) is 6.04 Å². The lowest BCUT2D eigenvalue weighted by Gasteiger charge is -2.55. The Hall–Kier alpha value is -1.51. The number of hydrogen-bond acceptors (Lipinski definition) is 8. The number of ether oxygens (including phenoxy) is 1. The van der Waals surface area contributed by atoms with Crippen molar-refractivity contribution in [3.05, 3.63) is 5.82 Å². The SMILES string of the molecule is Cc1nc(N2CCOCC2)nc(N(CCCCCCC(C)C2CC(C)(C)N(C)C(C)(C)C2)C2CC(C)(C)N(C)C(C)(C)C2)n1. The number of aryl methyl sites for hydroxylation is 1. The first-order valence-electron chi connectivity index (χ1n) is 17.7. The summed E-state index contributed by atoms with van der Waals surface area (Å²) in [6, 6.07) is 0.395. The molecule has 44 heavy (non-hydrogen) atoms. The van der Waals surface area contributed by atoms with Gasteiger partial charge in [-0.05, 0) is 120 Å². The molecule has 0 bridgehead atoms. The fraction of sp³-hybridized carbons (Fsp3) is 0.917. The number of piperidine rings is 2. The largest absolute Gasteiger partial charge is 0.378 e. The molecule has 4 heterocycles. The third-order valence-corrected chi connectivity index (χ3v) is 12.0. The third kappa shape index (κ3) is 8.25. The molecule has 252 valence electrons. The van der Waals surface area contributed by atoms with Gasteiger partial charge < -0.3 is 14.5 Å². The summed E-state index contributed by atoms with van der Waals surface area (Å²) in [4.78, 5) is 24.8. The topological polar surface area (TPSA) is 60.9 Å². The number of nitrogens with zero attached hydrogens (tertiary/aromatic N) is 7. The van der Waals surface area contributed by atoms with E-state index in [1.165, 1.54) is 44.9 Å². The Labute approximate surface area is 270 Å². The van der Waals surface area contributed by atoms with E-state index in [4.69, 9.17) is 19.7 Å². The molecule has 0 spiro atoms. The molecule has 0 aromatic carbocycles. The maximum Gasteiger partial charge on any atom is 0.230 e. The van der Waals surface area contributed by atoms with Gasteiger partial charge in [-0.15, -0.1) is 0 Å². The highest BCUT2D eigenvalue weighted by Crippen LogP contribution is 2.44. The van der Waals surface area contributed by atoms with Crippen molar-refractivity contribution in [1.29, 1.82) is 0 Å². The summed E-state index contributed by atoms with van der Waals surface area (Å²) in [5.41, 5.74) is 0.756. The minimum atomic E-state index is 0.104. The molecule has 8 heteroatoms. The van der Waals surface area contributed by atoms with Crippen molar-refractivity contribution >= 4 is 11.9 Å². The van der Waals surface area contributed by atoms with Crippen LogP contribution in [0.15, 0.2) is 0 Å². The summed E-state index contributed by atoms with van der Waals surface area (Å²) in [7, 11) is 4.61. The predicted molar refractivity (Wildman–Crippen MR) is 185 cm³/mol. The van der Waals surface area contributed by atoms with Crippen LogP contribution < -0.4 is 9.80 Å². The number of rotatable bonds is 11. The van der Waals surface area contributed by atoms with Crippen LogP contribution in [0.5, 0.6) is 0 Å². The first-order chi connectivity index (χ1) is 20.4. The van der Waals surface area contributed by atoms with E-state index in [-0.39, 0.29) is 22.2 Å². The van der Waals surface area contributed by atoms with Gasteiger partial charge in [0.1, 0.15) is 5.82 Å². The van der Waals surface area contributed by atoms with E-state index in [9.17, 15) is 0 Å². The highest BCUT2D eigenvalue weighted by Gasteiger charge is 2.46. The second kappa shape index (κ2) is 13.7. The molecule has 0 aliphatic carbocycles. The molecule has 8 nitrogen and oxygen atoms in total. The van der Waals surface area contributed by atoms with Gasteiger partial charge in [0.25, 0.3) is 0 Å². The number of likely N-dealkylation sites (tertiary alicyclic amines) is 2. The number of unbranched alkanes of at least 4 members (excludes halogenated alkanes) is 3. The average Bonchev–Trinajstić information content (AvgIpc) is 2.93. The van der Waals surface area contributed by atoms with Gasteiger partial charge in [0.05, 0.1) is 13.2 Å². The Morgan fingerprint density at radius 3 is 1.84 bits per heavy atom. The van der Waals surface area contributed by atoms with Crippen molar-refractivity contribution in [3.8, 4) is 0 Å². The van der Waals surface area contributed by atoms with Crippen LogP contribution >= 0.6 is 0 Å². The maximum atomic E-state index is 5.61. The molecule has 0 amide bonds. The van der Waals surface area contributed by atoms with Crippen LogP contribution in [0, 0.1) is 18.8 Å². The van der Waals surface area contributed by atoms with Crippen molar-refractivity contribution in [2.24, 2.45) is 11.8 Å². The van der Waals surface area contributed by atoms with Crippen molar-refractivity contribution in [1.82, 2.24) is 24.8 Å². The van der Waals surface area contributed by atoms with E-state index >= 15 is 0 Å². The molecule has 0 radical (unpaired) electrons. The summed E-state index contributed by atoms with van der Waals surface area (Å²) in [6.45, 7) is 28.0. The van der Waals surface area contributed by atoms with Crippen molar-refractivity contribution < 1.29 is 4.74 Å². The normalized spacial score (nSPS) is 25.2. The Balaban J connectivity index is 1.40. The van der Waals surface area contributed by atoms with E-state index in [1.54, 1.807) is 0 Å². The summed E-state index contributed by atoms with van der Waals surface area (Å²) in [6.07, 6.45) is 11.2. The lowest BCUT2D eigenvalue weighted by Crippen LogP contribution is -2.63. The predicted octanol–water partition coefficient (Wildman–Crippen LogP) is 6.96. The second-order valence-electron chi connectivity index (χ2n) is 17.1. The van der Waals surface area contributed by atoms with Crippen molar-refractivity contribution in [2.75, 3.05) is 56.7 Å². The first kappa shape index (κ1) is 35.3. The number of anilines is 2. The van der Waals surface area contributed by atoms with Crippen molar-refractivity contribution in [2.45, 2.75) is 155 Å². The van der Waals surface area contributed by atoms with Crippen LogP contribution in [0.2, 0.25) is 0 Å². The van der Waals surface area contributed by atoms with Crippen LogP contribution in [-0.4, -0.2) is 99.9 Å². The van der Waals surface area contributed by atoms with Gasteiger partial charge in [-0.3, -0.25) is 9.80 Å². The van der Waals surface area contributed by atoms with Crippen LogP contribution in [0.25, 0.3) is 0 Å². The molecule has 3 aliphatic rings. The molecule has 4 rings (SSSR count). The molecule has 1 atom stereocenters. The molecular weight excluding hydrogens is 546 g/mol. The zero-order valence-electron chi connectivity index (χ0n) is 30.7. The Morgan fingerprint density at radius 1 is 0.750 bits per heavy atom. The minimum Gasteiger partial charge on any atom is -0.378 e. The molecule has 1 unspecified atom stereocenters. The fourth-order valence-electron chi connectivity index (χ4n) is 8.66. The third-order valence-electron chi connectivity index (χ3n) is 12.0. The summed E-state index contributed by atoms with van der Waals surface area (Å²) in [5, 5.41) is 0. The van der Waals surface area contributed by atoms with E-state index in [0.717, 1.165) is 75.2 Å². The van der Waals surface area contributed by atoms with Crippen LogP contribution in [0.1, 0.15) is 126 Å². The van der Waals surface area contributed by atoms with Gasteiger partial charge in [-0.25, -0.2) is 0 Å². The molecular formula is C36H67N7O. The second-order valence-corrected chi connectivity index (χ2v) is 17.1. The molecule has 3 fully saturated rings. The number of hydrogen-bond donors (Lipinski definition) is 0. The summed E-state index contributed by atoms with van der Waals surface area (Å²) < 4.78 is 5.61. The monoisotopic (exact) mass is 614 g/mol. The van der Waals surface area contributed by atoms with Gasteiger partial charge in [-0.2, -0.15) is 15.0 Å². The van der Waals surface area contributed by atoms with Gasteiger partial charge in [0, 0.05) is 47.8 Å². The summed E-state index contributed by atoms with van der Waals surface area (Å²) in [5.74, 6) is 4.08. The average molecular weight is 614 g/mol. The molecule has 3 aliphatic heterocycles. The molecule has 1 aromatic rings. The highest BCUT2D eigenvalue weighted by atomic mass is 16.5. The number of aromatic nitrogens is 3. The van der Waals surface area contributed by atoms with Crippen molar-refractivity contribution in [3.63, 3.8) is 0 Å². The number of morpholine rings is 1. The highest BCUT2D eigenvalue weighted by molar-refractivity contribution is 5.41. The minimum absolute atomic E-state index is 0.104. The van der Waals surface area contributed by atoms with Gasteiger partial charge in [0.15, 0.2) is 0 Å². The van der Waals surface area contributed by atoms with E-state index in [2.05, 4.69) is 96.0 Å². The lowest BCUT2D eigenvalue weighted by atomic mass is 9.69. The first-order valence-corrected chi connectivity index (χ1v) is 17.7. The Morgan fingerprint density at radius 2 is 1.27 bits per heavy atom. The molecule has 0 saturated carbocycles. The van der Waals surface area contributed by atoms with E-state index in [1.807, 2.05) is 6.92 Å². The molecule has 3 saturated heterocycles. The van der Waals surface area contributed by atoms with E-state index < -0.39 is 0 Å². The zero-order valence-corrected chi connectivity index (χ0v) is 30.7. The van der Waals surface area contributed by atoms with Crippen LogP contribution in [-0.2, 0) is 4.74 Å². The fourth-order valence-corrected chi connectivity index (χ4v) is 8.66. The van der Waals surface area contributed by atoms with Crippen LogP contribution in [0.3, 0.4) is 0 Å². The lowest BCUT2D eigenvalue weighted by molar-refractivity contribution is -0.0433. The standard InChI is InChI=1S/C36H67N7O/c1-27(29-23-33(3,4)40(11)34(5,6)24-29)17-15-13-14-16-18-43(30-25-35(7,8)41(12)36(9,10)26-30)32-38-28(2)37-31(39-32)42-19-21-44-22-20-42/h27,29-30H,13-26H2,1-12H3. The van der Waals surface area contributed by atoms with Crippen LogP contribution in [0.4, 0.5) is 11.9 Å². The Kier molecular flexibility index (Phi) is 11.0. The quantitative estimate of drug-likeness (QED) is 0.248. The van der Waals surface area contributed by atoms with Gasteiger partial charge in [0.2, 0.25) is 11.9 Å². The Bertz CT molecular complexity index is 1040.